The van der Waals surface area contributed by atoms with E-state index in [-0.39, 0.29) is 12.6 Å². The summed E-state index contributed by atoms with van der Waals surface area (Å²) in [5.74, 6) is 1.14. The topological polar surface area (TPSA) is 140 Å². The van der Waals surface area contributed by atoms with Crippen LogP contribution in [-0.2, 0) is 23.5 Å². The number of alkyl carbamates (subject to hydrolysis) is 1. The van der Waals surface area contributed by atoms with Crippen LogP contribution in [0.3, 0.4) is 0 Å². The molecule has 3 heterocycles. The Hall–Kier alpha value is -3.28. The van der Waals surface area contributed by atoms with Gasteiger partial charge in [0, 0.05) is 36.6 Å². The van der Waals surface area contributed by atoms with Crippen LogP contribution in [0.25, 0.3) is 0 Å². The average Bonchev–Trinajstić information content (AvgIpc) is 3.28. The fourth-order valence-corrected chi connectivity index (χ4v) is 5.00. The number of carbonyl (C=O) groups excluding carboxylic acids is 1. The summed E-state index contributed by atoms with van der Waals surface area (Å²) >= 11 is 1.44. The number of nitrogens with one attached hydrogen (secondary N) is 1. The number of piperidine rings is 1. The highest BCUT2D eigenvalue weighted by molar-refractivity contribution is 7.98. The van der Waals surface area contributed by atoms with Gasteiger partial charge in [0.2, 0.25) is 0 Å². The molecule has 1 aliphatic rings. The number of thioether (sulfide) groups is 1. The maximum Gasteiger partial charge on any atom is 0.407 e. The molecule has 1 amide bonds. The van der Waals surface area contributed by atoms with Crippen molar-refractivity contribution < 1.29 is 14.6 Å². The number of rotatable bonds is 8. The summed E-state index contributed by atoms with van der Waals surface area (Å²) in [7, 11) is 0. The van der Waals surface area contributed by atoms with Gasteiger partial charge in [-0.25, -0.2) is 9.78 Å². The van der Waals surface area contributed by atoms with Crippen LogP contribution in [0.15, 0.2) is 17.4 Å². The molecule has 0 atom stereocenters. The van der Waals surface area contributed by atoms with Crippen molar-refractivity contribution in [1.29, 1.82) is 10.5 Å². The molecule has 2 aromatic rings. The highest BCUT2D eigenvalue weighted by Crippen LogP contribution is 2.34. The lowest BCUT2D eigenvalue weighted by Crippen LogP contribution is -2.46. The number of amides is 1. The lowest BCUT2D eigenvalue weighted by Gasteiger charge is -2.34. The monoisotopic (exact) mass is 511 g/mol. The van der Waals surface area contributed by atoms with Gasteiger partial charge < -0.3 is 20.1 Å². The zero-order valence-corrected chi connectivity index (χ0v) is 22.1. The molecular weight excluding hydrogens is 478 g/mol. The largest absolute Gasteiger partial charge is 0.444 e. The Balaban J connectivity index is 1.79. The Morgan fingerprint density at radius 1 is 1.28 bits per heavy atom. The van der Waals surface area contributed by atoms with E-state index in [0.717, 1.165) is 5.56 Å². The molecule has 0 bridgehead atoms. The fraction of sp³-hybridized carbons (Fsp3) is 0.560. The standard InChI is InChI=1S/C25H33N7O3S/c1-5-19-20(12-26)22(31-8-6-18(7-9-31)29-24(34)35-25(2,3)4)30-23(21(19)13-27)36-16-17-14-28-32(15-17)10-11-33/h14-15,18,33H,5-11,16H2,1-4H3,(H,29,34). The number of hydrogen-bond donors (Lipinski definition) is 2. The van der Waals surface area contributed by atoms with E-state index in [0.29, 0.717) is 72.2 Å². The minimum atomic E-state index is -0.555. The molecule has 2 N–H and O–H groups in total. The molecule has 3 rings (SSSR count). The summed E-state index contributed by atoms with van der Waals surface area (Å²) in [6, 6.07) is 4.53. The summed E-state index contributed by atoms with van der Waals surface area (Å²) in [6.45, 7) is 9.10. The molecule has 36 heavy (non-hydrogen) atoms. The van der Waals surface area contributed by atoms with Crippen LogP contribution in [0.2, 0.25) is 0 Å². The van der Waals surface area contributed by atoms with E-state index in [2.05, 4.69) is 27.5 Å². The van der Waals surface area contributed by atoms with E-state index < -0.39 is 11.7 Å². The van der Waals surface area contributed by atoms with Crippen molar-refractivity contribution in [2.45, 2.75) is 75.9 Å². The van der Waals surface area contributed by atoms with Crippen LogP contribution in [0.4, 0.5) is 10.6 Å². The van der Waals surface area contributed by atoms with Crippen molar-refractivity contribution in [3.8, 4) is 12.1 Å². The number of aliphatic hydroxyl groups excluding tert-OH is 1. The predicted octanol–water partition coefficient (Wildman–Crippen LogP) is 3.36. The molecule has 10 nitrogen and oxygen atoms in total. The fourth-order valence-electron chi connectivity index (χ4n) is 4.08. The van der Waals surface area contributed by atoms with Gasteiger partial charge >= 0.3 is 6.09 Å². The highest BCUT2D eigenvalue weighted by atomic mass is 32.2. The quantitative estimate of drug-likeness (QED) is 0.510. The third-order valence-corrected chi connectivity index (χ3v) is 6.78. The van der Waals surface area contributed by atoms with E-state index in [1.165, 1.54) is 11.8 Å². The minimum absolute atomic E-state index is 0.0111. The van der Waals surface area contributed by atoms with Gasteiger partial charge in [0.15, 0.2) is 0 Å². The second-order valence-electron chi connectivity index (χ2n) is 9.58. The van der Waals surface area contributed by atoms with Gasteiger partial charge in [-0.1, -0.05) is 6.92 Å². The second kappa shape index (κ2) is 12.1. The molecule has 0 aliphatic carbocycles. The van der Waals surface area contributed by atoms with E-state index in [1.54, 1.807) is 10.9 Å². The Bertz CT molecular complexity index is 1150. The number of aliphatic hydroxyl groups is 1. The van der Waals surface area contributed by atoms with Crippen molar-refractivity contribution in [3.63, 3.8) is 0 Å². The predicted molar refractivity (Wildman–Crippen MR) is 137 cm³/mol. The summed E-state index contributed by atoms with van der Waals surface area (Å²) in [6.07, 6.45) is 5.11. The molecule has 0 unspecified atom stereocenters. The number of anilines is 1. The van der Waals surface area contributed by atoms with Crippen molar-refractivity contribution in [1.82, 2.24) is 20.1 Å². The zero-order chi connectivity index (χ0) is 26.3. The number of ether oxygens (including phenoxy) is 1. The number of aromatic nitrogens is 3. The minimum Gasteiger partial charge on any atom is -0.444 e. The third-order valence-electron chi connectivity index (χ3n) is 5.73. The van der Waals surface area contributed by atoms with Gasteiger partial charge in [-0.15, -0.1) is 11.8 Å². The zero-order valence-electron chi connectivity index (χ0n) is 21.2. The normalized spacial score (nSPS) is 14.2. The van der Waals surface area contributed by atoms with Crippen LogP contribution in [0.5, 0.6) is 0 Å². The van der Waals surface area contributed by atoms with Gasteiger partial charge in [-0.05, 0) is 45.6 Å². The molecule has 1 fully saturated rings. The molecule has 192 valence electrons. The van der Waals surface area contributed by atoms with Gasteiger partial charge in [-0.3, -0.25) is 4.68 Å². The number of nitrogens with zero attached hydrogens (tertiary/aromatic N) is 6. The number of pyridine rings is 1. The van der Waals surface area contributed by atoms with Gasteiger partial charge in [-0.2, -0.15) is 15.6 Å². The van der Waals surface area contributed by atoms with Crippen molar-refractivity contribution >= 4 is 23.7 Å². The third kappa shape index (κ3) is 6.90. The second-order valence-corrected chi connectivity index (χ2v) is 10.5. The lowest BCUT2D eigenvalue weighted by atomic mass is 10.00. The van der Waals surface area contributed by atoms with Crippen LogP contribution in [-0.4, -0.2) is 57.3 Å². The lowest BCUT2D eigenvalue weighted by molar-refractivity contribution is 0.0497. The van der Waals surface area contributed by atoms with Crippen molar-refractivity contribution in [2.24, 2.45) is 0 Å². The first-order valence-corrected chi connectivity index (χ1v) is 13.0. The molecule has 1 aliphatic heterocycles. The van der Waals surface area contributed by atoms with Crippen LogP contribution in [0, 0.1) is 22.7 Å². The van der Waals surface area contributed by atoms with Crippen LogP contribution in [0.1, 0.15) is 62.8 Å². The van der Waals surface area contributed by atoms with Crippen LogP contribution < -0.4 is 10.2 Å². The average molecular weight is 512 g/mol. The van der Waals surface area contributed by atoms with E-state index in [1.807, 2.05) is 33.9 Å². The Kier molecular flexibility index (Phi) is 9.19. The van der Waals surface area contributed by atoms with E-state index in [4.69, 9.17) is 14.8 Å². The van der Waals surface area contributed by atoms with Gasteiger partial charge in [0.25, 0.3) is 0 Å². The Morgan fingerprint density at radius 3 is 2.56 bits per heavy atom. The van der Waals surface area contributed by atoms with E-state index >= 15 is 0 Å². The summed E-state index contributed by atoms with van der Waals surface area (Å²) in [4.78, 5) is 19.0. The first kappa shape index (κ1) is 27.3. The molecule has 0 saturated carbocycles. The number of carbonyl (C=O) groups is 1. The molecule has 0 aromatic carbocycles. The van der Waals surface area contributed by atoms with Gasteiger partial charge in [0.05, 0.1) is 30.5 Å². The molecule has 1 saturated heterocycles. The molecule has 11 heteroatoms. The molecule has 0 spiro atoms. The summed E-state index contributed by atoms with van der Waals surface area (Å²) in [5.41, 5.74) is 1.98. The van der Waals surface area contributed by atoms with Crippen molar-refractivity contribution in [3.05, 3.63) is 34.6 Å². The SMILES string of the molecule is CCc1c(C#N)c(SCc2cnn(CCO)c2)nc(N2CCC(NC(=O)OC(C)(C)C)CC2)c1C#N. The molecule has 0 radical (unpaired) electrons. The Morgan fingerprint density at radius 2 is 1.97 bits per heavy atom. The van der Waals surface area contributed by atoms with E-state index in [9.17, 15) is 15.3 Å². The smallest absolute Gasteiger partial charge is 0.407 e. The summed E-state index contributed by atoms with van der Waals surface area (Å²) in [5, 5.41) is 36.7. The molecule has 2 aromatic heterocycles. The summed E-state index contributed by atoms with van der Waals surface area (Å²) < 4.78 is 7.04. The van der Waals surface area contributed by atoms with Gasteiger partial charge in [0.1, 0.15) is 28.6 Å². The van der Waals surface area contributed by atoms with Crippen molar-refractivity contribution in [2.75, 3.05) is 24.6 Å². The Labute approximate surface area is 216 Å². The maximum absolute atomic E-state index is 12.2. The highest BCUT2D eigenvalue weighted by Gasteiger charge is 2.28. The first-order valence-electron chi connectivity index (χ1n) is 12.1. The maximum atomic E-state index is 12.2. The number of hydrogen-bond acceptors (Lipinski definition) is 9. The van der Waals surface area contributed by atoms with Crippen LogP contribution >= 0.6 is 11.8 Å². The first-order chi connectivity index (χ1) is 17.2. The molecular formula is C25H33N7O3S. The number of nitriles is 2.